The number of rotatable bonds is 9. The van der Waals surface area contributed by atoms with E-state index in [-0.39, 0.29) is 17.7 Å². The topological polar surface area (TPSA) is 90.2 Å². The number of nitrogens with zero attached hydrogens (tertiary/aromatic N) is 3. The van der Waals surface area contributed by atoms with E-state index in [0.29, 0.717) is 26.3 Å². The molecule has 1 aromatic heterocycles. The summed E-state index contributed by atoms with van der Waals surface area (Å²) in [5.41, 5.74) is 3.13. The van der Waals surface area contributed by atoms with Crippen LogP contribution in [0.5, 0.6) is 5.75 Å². The smallest absolute Gasteiger partial charge is 0.338 e. The fourth-order valence-electron chi connectivity index (χ4n) is 4.52. The second-order valence-electron chi connectivity index (χ2n) is 8.90. The Labute approximate surface area is 230 Å². The van der Waals surface area contributed by atoms with Gasteiger partial charge >= 0.3 is 11.9 Å². The molecular weight excluding hydrogens is 514 g/mol. The van der Waals surface area contributed by atoms with Crippen LogP contribution in [0.25, 0.3) is 6.08 Å². The van der Waals surface area contributed by atoms with Crippen LogP contribution >= 0.6 is 11.3 Å². The predicted molar refractivity (Wildman–Crippen MR) is 153 cm³/mol. The lowest BCUT2D eigenvalue weighted by Gasteiger charge is -2.24. The van der Waals surface area contributed by atoms with Crippen molar-refractivity contribution in [2.75, 3.05) is 24.6 Å². The molecule has 39 heavy (non-hydrogen) atoms. The number of thiazole rings is 1. The van der Waals surface area contributed by atoms with Crippen LogP contribution in [0.3, 0.4) is 0 Å². The Morgan fingerprint density at radius 1 is 1.10 bits per heavy atom. The number of aromatic nitrogens is 1. The second kappa shape index (κ2) is 12.1. The monoisotopic (exact) mass is 545 g/mol. The quantitative estimate of drug-likeness (QED) is 0.231. The molecule has 0 spiro atoms. The van der Waals surface area contributed by atoms with Gasteiger partial charge < -0.3 is 14.4 Å². The number of hydrogen-bond donors (Lipinski definition) is 0. The molecule has 4 rings (SSSR count). The number of anilines is 1. The van der Waals surface area contributed by atoms with E-state index in [0.717, 1.165) is 24.3 Å². The molecule has 2 aromatic carbocycles. The van der Waals surface area contributed by atoms with Crippen LogP contribution in [0.2, 0.25) is 0 Å². The molecule has 0 amide bonds. The third-order valence-corrected chi connectivity index (χ3v) is 7.33. The number of allylic oxidation sites excluding steroid dienone is 1. The van der Waals surface area contributed by atoms with Gasteiger partial charge in [0.2, 0.25) is 0 Å². The molecule has 1 aliphatic heterocycles. The molecule has 202 valence electrons. The molecule has 1 unspecified atom stereocenters. The zero-order valence-corrected chi connectivity index (χ0v) is 23.3. The highest BCUT2D eigenvalue weighted by atomic mass is 32.1. The van der Waals surface area contributed by atoms with Gasteiger partial charge in [-0.2, -0.15) is 0 Å². The minimum Gasteiger partial charge on any atom is -0.458 e. The number of carbonyl (C=O) groups is 2. The Balaban J connectivity index is 1.82. The first kappa shape index (κ1) is 27.8. The Morgan fingerprint density at radius 2 is 1.77 bits per heavy atom. The number of ether oxygens (including phenoxy) is 2. The van der Waals surface area contributed by atoms with Gasteiger partial charge in [0.1, 0.15) is 12.4 Å². The summed E-state index contributed by atoms with van der Waals surface area (Å²) in [7, 11) is 0. The zero-order chi connectivity index (χ0) is 28.1. The summed E-state index contributed by atoms with van der Waals surface area (Å²) in [6.45, 7) is 12.7. The van der Waals surface area contributed by atoms with Crippen LogP contribution in [0.4, 0.5) is 5.69 Å². The largest absolute Gasteiger partial charge is 0.458 e. The van der Waals surface area contributed by atoms with Gasteiger partial charge in [0.05, 0.1) is 21.8 Å². The number of benzene rings is 2. The number of esters is 2. The van der Waals surface area contributed by atoms with Gasteiger partial charge in [-0.1, -0.05) is 48.3 Å². The minimum absolute atomic E-state index is 0.0294. The van der Waals surface area contributed by atoms with Crippen molar-refractivity contribution in [1.29, 1.82) is 0 Å². The van der Waals surface area contributed by atoms with Crippen molar-refractivity contribution in [1.82, 2.24) is 4.57 Å². The van der Waals surface area contributed by atoms with Crippen LogP contribution < -0.4 is 24.5 Å². The molecule has 0 saturated carbocycles. The lowest BCUT2D eigenvalue weighted by Crippen LogP contribution is -2.39. The predicted octanol–water partition coefficient (Wildman–Crippen LogP) is 3.74. The van der Waals surface area contributed by atoms with Crippen LogP contribution in [-0.2, 0) is 14.3 Å². The fourth-order valence-corrected chi connectivity index (χ4v) is 5.56. The van der Waals surface area contributed by atoms with Gasteiger partial charge in [-0.3, -0.25) is 14.2 Å². The number of carbonyl (C=O) groups excluding carboxylic acids is 2. The number of fused-ring (bicyclic) bond motifs is 1. The van der Waals surface area contributed by atoms with E-state index in [4.69, 9.17) is 9.47 Å². The van der Waals surface area contributed by atoms with E-state index >= 15 is 0 Å². The first-order valence-corrected chi connectivity index (χ1v) is 13.5. The summed E-state index contributed by atoms with van der Waals surface area (Å²) >= 11 is 1.27. The SMILES string of the molecule is C=CCOC(=O)C1=C(C)N=c2s/c(=C\c3ccc(N(CC)CC)cc3)c(=O)n2C1c1ccc(OC(C)=O)cc1. The van der Waals surface area contributed by atoms with E-state index in [2.05, 4.69) is 30.3 Å². The van der Waals surface area contributed by atoms with Gasteiger partial charge in [-0.15, -0.1) is 0 Å². The summed E-state index contributed by atoms with van der Waals surface area (Å²) in [4.78, 5) is 45.6. The highest BCUT2D eigenvalue weighted by Crippen LogP contribution is 2.31. The average Bonchev–Trinajstić information content (AvgIpc) is 3.22. The van der Waals surface area contributed by atoms with Crippen LogP contribution in [-0.4, -0.2) is 36.2 Å². The molecule has 0 saturated heterocycles. The molecule has 0 aliphatic carbocycles. The van der Waals surface area contributed by atoms with Gasteiger partial charge in [-0.25, -0.2) is 9.79 Å². The highest BCUT2D eigenvalue weighted by Gasteiger charge is 2.33. The van der Waals surface area contributed by atoms with Gasteiger partial charge in [0.25, 0.3) is 5.56 Å². The van der Waals surface area contributed by atoms with E-state index in [9.17, 15) is 14.4 Å². The van der Waals surface area contributed by atoms with Crippen molar-refractivity contribution in [3.8, 4) is 5.75 Å². The maximum absolute atomic E-state index is 13.8. The molecular formula is C30H31N3O5S. The van der Waals surface area contributed by atoms with Crippen molar-refractivity contribution in [3.05, 3.63) is 103 Å². The Morgan fingerprint density at radius 3 is 2.36 bits per heavy atom. The Bertz CT molecular complexity index is 1590. The third kappa shape index (κ3) is 5.93. The van der Waals surface area contributed by atoms with Crippen molar-refractivity contribution in [2.24, 2.45) is 4.99 Å². The third-order valence-electron chi connectivity index (χ3n) is 6.35. The van der Waals surface area contributed by atoms with Gasteiger partial charge in [0, 0.05) is 25.7 Å². The molecule has 0 bridgehead atoms. The van der Waals surface area contributed by atoms with Crippen molar-refractivity contribution in [3.63, 3.8) is 0 Å². The van der Waals surface area contributed by atoms with E-state index in [1.165, 1.54) is 28.9 Å². The van der Waals surface area contributed by atoms with Crippen molar-refractivity contribution < 1.29 is 19.1 Å². The van der Waals surface area contributed by atoms with Crippen molar-refractivity contribution in [2.45, 2.75) is 33.7 Å². The van der Waals surface area contributed by atoms with Crippen LogP contribution in [0.15, 0.2) is 82.2 Å². The standard InChI is InChI=1S/C30H31N3O5S/c1-6-17-37-29(36)26-19(4)31-30-33(27(26)22-11-15-24(16-12-22)38-20(5)34)28(35)25(39-30)18-21-9-13-23(14-10-21)32(7-2)8-3/h6,9-16,18,27H,1,7-8,17H2,2-5H3/b25-18-. The summed E-state index contributed by atoms with van der Waals surface area (Å²) in [5, 5.41) is 0. The Kier molecular flexibility index (Phi) is 8.61. The van der Waals surface area contributed by atoms with Crippen molar-refractivity contribution >= 4 is 35.0 Å². The van der Waals surface area contributed by atoms with Gasteiger partial charge in [0.15, 0.2) is 4.80 Å². The lowest BCUT2D eigenvalue weighted by atomic mass is 9.96. The molecule has 0 radical (unpaired) electrons. The molecule has 9 heteroatoms. The average molecular weight is 546 g/mol. The molecule has 2 heterocycles. The summed E-state index contributed by atoms with van der Waals surface area (Å²) < 4.78 is 12.6. The van der Waals surface area contributed by atoms with E-state index < -0.39 is 18.0 Å². The fraction of sp³-hybridized carbons (Fsp3) is 0.267. The van der Waals surface area contributed by atoms with E-state index in [1.54, 1.807) is 31.2 Å². The Hall–Kier alpha value is -4.24. The zero-order valence-electron chi connectivity index (χ0n) is 22.5. The summed E-state index contributed by atoms with van der Waals surface area (Å²) in [6, 6.07) is 14.0. The first-order chi connectivity index (χ1) is 18.8. The van der Waals surface area contributed by atoms with Crippen LogP contribution in [0, 0.1) is 0 Å². The molecule has 8 nitrogen and oxygen atoms in total. The molecule has 1 atom stereocenters. The maximum atomic E-state index is 13.8. The highest BCUT2D eigenvalue weighted by molar-refractivity contribution is 7.07. The molecule has 0 N–H and O–H groups in total. The van der Waals surface area contributed by atoms with Crippen LogP contribution in [0.1, 0.15) is 44.9 Å². The summed E-state index contributed by atoms with van der Waals surface area (Å²) in [5.74, 6) is -0.653. The second-order valence-corrected chi connectivity index (χ2v) is 9.90. The normalized spacial score (nSPS) is 14.9. The maximum Gasteiger partial charge on any atom is 0.338 e. The minimum atomic E-state index is -0.767. The lowest BCUT2D eigenvalue weighted by molar-refractivity contribution is -0.138. The first-order valence-electron chi connectivity index (χ1n) is 12.7. The van der Waals surface area contributed by atoms with E-state index in [1.807, 2.05) is 30.3 Å². The molecule has 1 aliphatic rings. The van der Waals surface area contributed by atoms with Gasteiger partial charge in [-0.05, 0) is 62.2 Å². The molecule has 0 fully saturated rings. The number of hydrogen-bond acceptors (Lipinski definition) is 8. The molecule has 3 aromatic rings. The summed E-state index contributed by atoms with van der Waals surface area (Å²) in [6.07, 6.45) is 3.32.